The predicted molar refractivity (Wildman–Crippen MR) is 143 cm³/mol. The lowest BCUT2D eigenvalue weighted by Gasteiger charge is -2.15. The maximum Gasteiger partial charge on any atom is 0.342 e. The summed E-state index contributed by atoms with van der Waals surface area (Å²) in [6, 6.07) is 7.31. The van der Waals surface area contributed by atoms with E-state index in [1.807, 2.05) is 0 Å². The van der Waals surface area contributed by atoms with Gasteiger partial charge in [-0.15, -0.1) is 0 Å². The highest BCUT2D eigenvalue weighted by Gasteiger charge is 2.26. The average molecular weight is 591 g/mol. The molecule has 0 aliphatic rings. The molecule has 2 aromatic carbocycles. The van der Waals surface area contributed by atoms with Gasteiger partial charge in [0, 0.05) is 11.6 Å². The second kappa shape index (κ2) is 11.7. The number of hydrogen-bond donors (Lipinski definition) is 2. The highest BCUT2D eigenvalue weighted by atomic mass is 35.5. The van der Waals surface area contributed by atoms with Gasteiger partial charge in [-0.1, -0.05) is 17.7 Å². The Morgan fingerprint density at radius 3 is 2.41 bits per heavy atom. The van der Waals surface area contributed by atoms with E-state index in [0.717, 1.165) is 26.1 Å². The summed E-state index contributed by atoms with van der Waals surface area (Å²) in [7, 11) is 0. The molecule has 0 radical (unpaired) electrons. The van der Waals surface area contributed by atoms with Crippen LogP contribution in [0.4, 0.5) is 8.78 Å². The molecule has 11 nitrogen and oxygen atoms in total. The molecule has 0 saturated carbocycles. The van der Waals surface area contributed by atoms with Crippen LogP contribution in [-0.4, -0.2) is 52.9 Å². The van der Waals surface area contributed by atoms with Gasteiger partial charge in [-0.05, 0) is 43.7 Å². The first kappa shape index (κ1) is 29.8. The van der Waals surface area contributed by atoms with Crippen LogP contribution >= 0.6 is 11.6 Å². The number of hydrogen-bond acceptors (Lipinski definition) is 8. The van der Waals surface area contributed by atoms with Gasteiger partial charge in [0.2, 0.25) is 17.7 Å². The molecule has 2 aromatic heterocycles. The number of rotatable bonds is 9. The number of aromatic nitrogens is 4. The Balaban J connectivity index is 1.67. The van der Waals surface area contributed by atoms with Crippen LogP contribution < -0.4 is 16.0 Å². The van der Waals surface area contributed by atoms with Crippen molar-refractivity contribution in [3.63, 3.8) is 0 Å². The van der Waals surface area contributed by atoms with Crippen molar-refractivity contribution in [1.29, 1.82) is 0 Å². The Hall–Kier alpha value is -4.20. The summed E-state index contributed by atoms with van der Waals surface area (Å²) >= 11 is 6.16. The van der Waals surface area contributed by atoms with Crippen molar-refractivity contribution in [2.24, 2.45) is 0 Å². The fourth-order valence-corrected chi connectivity index (χ4v) is 4.34. The van der Waals surface area contributed by atoms with Gasteiger partial charge >= 0.3 is 5.69 Å². The number of nitrogens with zero attached hydrogens (tertiary/aromatic N) is 4. The number of aliphatic hydroxyl groups is 2. The first-order chi connectivity index (χ1) is 19.3. The lowest BCUT2D eigenvalue weighted by Crippen LogP contribution is -2.35. The molecule has 0 aliphatic heterocycles. The Kier molecular flexibility index (Phi) is 8.52. The van der Waals surface area contributed by atoms with Gasteiger partial charge in [0.15, 0.2) is 5.02 Å². The molecule has 0 fully saturated rings. The summed E-state index contributed by atoms with van der Waals surface area (Å²) < 4.78 is 35.1. The standard InChI is InChI=1S/C27H25ClF2N4O7/c1-27(2,40)11-22(37)34-20-9-15(3-6-19(20)33(26(34)39)21(36)7-8-35)12-32-14-31-24(23(28)25(32)38)41-13-16-4-5-17(29)10-18(16)30/h3-6,9-10,14,35,40H,7-8,11-13H2,1-2H3. The molecule has 4 aromatic rings. The summed E-state index contributed by atoms with van der Waals surface area (Å²) in [5.74, 6) is -3.35. The number of aliphatic hydroxyl groups excluding tert-OH is 1. The molecule has 2 N–H and O–H groups in total. The van der Waals surface area contributed by atoms with Crippen molar-refractivity contribution in [2.75, 3.05) is 6.61 Å². The number of ether oxygens (including phenoxy) is 1. The minimum Gasteiger partial charge on any atom is -0.471 e. The van der Waals surface area contributed by atoms with E-state index < -0.39 is 58.3 Å². The lowest BCUT2D eigenvalue weighted by atomic mass is 10.1. The van der Waals surface area contributed by atoms with Gasteiger partial charge < -0.3 is 14.9 Å². The fraction of sp³-hybridized carbons (Fsp3) is 0.296. The summed E-state index contributed by atoms with van der Waals surface area (Å²) in [4.78, 5) is 55.6. The van der Waals surface area contributed by atoms with E-state index >= 15 is 0 Å². The normalized spacial score (nSPS) is 11.7. The van der Waals surface area contributed by atoms with Gasteiger partial charge in [0.25, 0.3) is 5.56 Å². The zero-order valence-corrected chi connectivity index (χ0v) is 22.7. The summed E-state index contributed by atoms with van der Waals surface area (Å²) in [5.41, 5.74) is -2.50. The molecule has 0 atom stereocenters. The van der Waals surface area contributed by atoms with Crippen LogP contribution in [0.3, 0.4) is 0 Å². The molecular weight excluding hydrogens is 566 g/mol. The van der Waals surface area contributed by atoms with E-state index in [9.17, 15) is 38.2 Å². The van der Waals surface area contributed by atoms with Crippen molar-refractivity contribution in [2.45, 2.75) is 45.4 Å². The zero-order valence-electron chi connectivity index (χ0n) is 21.9. The van der Waals surface area contributed by atoms with Crippen LogP contribution in [-0.2, 0) is 13.2 Å². The molecule has 2 heterocycles. The number of benzene rings is 2. The van der Waals surface area contributed by atoms with Crippen molar-refractivity contribution < 1.29 is 33.3 Å². The Morgan fingerprint density at radius 2 is 1.76 bits per heavy atom. The van der Waals surface area contributed by atoms with Crippen LogP contribution in [0.15, 0.2) is 52.3 Å². The quantitative estimate of drug-likeness (QED) is 0.303. The number of carbonyl (C=O) groups is 2. The first-order valence-electron chi connectivity index (χ1n) is 12.3. The largest absolute Gasteiger partial charge is 0.471 e. The topological polar surface area (TPSA) is 146 Å². The van der Waals surface area contributed by atoms with Gasteiger partial charge in [-0.3, -0.25) is 19.0 Å². The van der Waals surface area contributed by atoms with Crippen LogP contribution in [0.25, 0.3) is 11.0 Å². The van der Waals surface area contributed by atoms with Gasteiger partial charge in [-0.25, -0.2) is 27.7 Å². The third-order valence-electron chi connectivity index (χ3n) is 6.00. The van der Waals surface area contributed by atoms with Crippen LogP contribution in [0.5, 0.6) is 5.88 Å². The maximum absolute atomic E-state index is 13.9. The van der Waals surface area contributed by atoms with Crippen LogP contribution in [0.1, 0.15) is 47.4 Å². The minimum absolute atomic E-state index is 0.0244. The Morgan fingerprint density at radius 1 is 1.05 bits per heavy atom. The smallest absolute Gasteiger partial charge is 0.342 e. The third kappa shape index (κ3) is 6.42. The molecule has 41 heavy (non-hydrogen) atoms. The molecule has 0 amide bonds. The van der Waals surface area contributed by atoms with Crippen molar-refractivity contribution >= 4 is 34.4 Å². The van der Waals surface area contributed by atoms with Gasteiger partial charge in [0.1, 0.15) is 24.6 Å². The van der Waals surface area contributed by atoms with Crippen LogP contribution in [0.2, 0.25) is 5.02 Å². The SMILES string of the molecule is CC(C)(O)CC(=O)n1c(=O)n(C(=O)CCO)c2ccc(Cn3cnc(OCc4ccc(F)cc4F)c(Cl)c3=O)cc21. The van der Waals surface area contributed by atoms with Crippen molar-refractivity contribution in [1.82, 2.24) is 18.7 Å². The molecule has 0 unspecified atom stereocenters. The summed E-state index contributed by atoms with van der Waals surface area (Å²) in [5, 5.41) is 18.9. The second-order valence-electron chi connectivity index (χ2n) is 9.85. The van der Waals surface area contributed by atoms with E-state index in [1.165, 1.54) is 38.1 Å². The number of imidazole rings is 1. The second-order valence-corrected chi connectivity index (χ2v) is 10.2. The summed E-state index contributed by atoms with van der Waals surface area (Å²) in [6.07, 6.45) is 0.353. The highest BCUT2D eigenvalue weighted by Crippen LogP contribution is 2.21. The van der Waals surface area contributed by atoms with E-state index in [-0.39, 0.29) is 42.0 Å². The monoisotopic (exact) mass is 590 g/mol. The fourth-order valence-electron chi connectivity index (χ4n) is 4.12. The van der Waals surface area contributed by atoms with Crippen molar-refractivity contribution in [3.05, 3.63) is 91.3 Å². The number of carbonyl (C=O) groups excluding carboxylic acids is 2. The molecule has 0 saturated heterocycles. The third-order valence-corrected chi connectivity index (χ3v) is 6.32. The molecule has 14 heteroatoms. The summed E-state index contributed by atoms with van der Waals surface area (Å²) in [6.45, 7) is 1.80. The highest BCUT2D eigenvalue weighted by molar-refractivity contribution is 6.31. The van der Waals surface area contributed by atoms with Crippen LogP contribution in [0, 0.1) is 11.6 Å². The number of fused-ring (bicyclic) bond motifs is 1. The molecule has 0 bridgehead atoms. The van der Waals surface area contributed by atoms with E-state index in [4.69, 9.17) is 16.3 Å². The molecule has 4 rings (SSSR count). The van der Waals surface area contributed by atoms with E-state index in [0.29, 0.717) is 11.6 Å². The van der Waals surface area contributed by atoms with Crippen molar-refractivity contribution in [3.8, 4) is 5.88 Å². The predicted octanol–water partition coefficient (Wildman–Crippen LogP) is 2.74. The zero-order chi connectivity index (χ0) is 30.1. The minimum atomic E-state index is -1.44. The number of halogens is 3. The van der Waals surface area contributed by atoms with E-state index in [2.05, 4.69) is 4.98 Å². The first-order valence-corrected chi connectivity index (χ1v) is 12.7. The van der Waals surface area contributed by atoms with E-state index in [1.54, 1.807) is 0 Å². The lowest BCUT2D eigenvalue weighted by molar-refractivity contribution is 0.0530. The molecule has 0 aliphatic carbocycles. The Bertz CT molecular complexity index is 1770. The maximum atomic E-state index is 13.9. The average Bonchev–Trinajstić information content (AvgIpc) is 3.17. The molecular formula is C27H25ClF2N4O7. The van der Waals surface area contributed by atoms with Gasteiger partial charge in [0.05, 0.1) is 42.6 Å². The molecule has 0 spiro atoms. The Labute approximate surface area is 235 Å². The van der Waals surface area contributed by atoms with Gasteiger partial charge in [-0.2, -0.15) is 0 Å². The molecule has 216 valence electrons.